The van der Waals surface area contributed by atoms with Gasteiger partial charge in [0, 0.05) is 25.8 Å². The molecule has 0 unspecified atom stereocenters. The zero-order valence-corrected chi connectivity index (χ0v) is 14.8. The maximum Gasteiger partial charge on any atom is 0.319 e. The van der Waals surface area contributed by atoms with Crippen molar-refractivity contribution in [3.05, 3.63) is 23.8 Å². The van der Waals surface area contributed by atoms with Crippen LogP contribution in [0.25, 0.3) is 0 Å². The number of nitrogens with one attached hydrogen (secondary N) is 3. The Hall–Kier alpha value is -2.75. The molecule has 0 saturated carbocycles. The van der Waals surface area contributed by atoms with E-state index in [4.69, 9.17) is 5.26 Å². The number of nitriles is 1. The van der Waals surface area contributed by atoms with E-state index in [9.17, 15) is 9.59 Å². The van der Waals surface area contributed by atoms with Gasteiger partial charge in [-0.05, 0) is 38.5 Å². The quantitative estimate of drug-likeness (QED) is 0.743. The molecule has 3 amide bonds. The average molecular weight is 331 g/mol. The predicted molar refractivity (Wildman–Crippen MR) is 95.0 cm³/mol. The molecule has 0 aliphatic carbocycles. The number of carbonyl (C=O) groups is 2. The van der Waals surface area contributed by atoms with Crippen LogP contribution in [0.5, 0.6) is 0 Å². The number of nitrogens with zero attached hydrogens (tertiary/aromatic N) is 2. The van der Waals surface area contributed by atoms with Gasteiger partial charge in [-0.15, -0.1) is 0 Å². The average Bonchev–Trinajstić information content (AvgIpc) is 2.54. The summed E-state index contributed by atoms with van der Waals surface area (Å²) in [5, 5.41) is 17.2. The standard InChI is InChI=1S/C17H25N5O2/c1-6-11(2)19-16(23)12(3)20-17(24)21-15-9-14(22(4)5)8-7-13(15)10-18/h7-9,11-12H,6H2,1-5H3,(H,19,23)(H2,20,21,24)/t11-,12+/m0/s1. The zero-order chi connectivity index (χ0) is 18.3. The Balaban J connectivity index is 2.76. The van der Waals surface area contributed by atoms with Gasteiger partial charge in [-0.25, -0.2) is 4.79 Å². The molecule has 0 fully saturated rings. The van der Waals surface area contributed by atoms with Crippen molar-refractivity contribution in [2.45, 2.75) is 39.3 Å². The van der Waals surface area contributed by atoms with Crippen LogP contribution in [0.15, 0.2) is 18.2 Å². The Morgan fingerprint density at radius 2 is 1.92 bits per heavy atom. The zero-order valence-electron chi connectivity index (χ0n) is 14.8. The molecule has 7 heteroatoms. The van der Waals surface area contributed by atoms with Crippen LogP contribution in [-0.4, -0.2) is 38.1 Å². The number of amides is 3. The van der Waals surface area contributed by atoms with Crippen LogP contribution in [0.1, 0.15) is 32.8 Å². The largest absolute Gasteiger partial charge is 0.378 e. The number of benzene rings is 1. The molecule has 0 aliphatic heterocycles. The molecule has 0 aromatic heterocycles. The van der Waals surface area contributed by atoms with E-state index in [1.165, 1.54) is 0 Å². The normalized spacial score (nSPS) is 12.5. The maximum atomic E-state index is 12.1. The Bertz CT molecular complexity index is 636. The smallest absolute Gasteiger partial charge is 0.319 e. The second kappa shape index (κ2) is 8.77. The summed E-state index contributed by atoms with van der Waals surface area (Å²) in [5.41, 5.74) is 1.61. The number of anilines is 2. The van der Waals surface area contributed by atoms with E-state index in [0.717, 1.165) is 12.1 Å². The SMILES string of the molecule is CC[C@H](C)NC(=O)[C@@H](C)NC(=O)Nc1cc(N(C)C)ccc1C#N. The summed E-state index contributed by atoms with van der Waals surface area (Å²) in [6, 6.07) is 6.02. The van der Waals surface area contributed by atoms with Crippen LogP contribution >= 0.6 is 0 Å². The molecule has 0 aliphatic rings. The summed E-state index contributed by atoms with van der Waals surface area (Å²) in [5.74, 6) is -0.248. The van der Waals surface area contributed by atoms with Gasteiger partial charge in [0.15, 0.2) is 0 Å². The highest BCUT2D eigenvalue weighted by molar-refractivity contribution is 5.95. The van der Waals surface area contributed by atoms with Gasteiger partial charge in [0.1, 0.15) is 12.1 Å². The number of hydrogen-bond donors (Lipinski definition) is 3. The van der Waals surface area contributed by atoms with Crippen LogP contribution in [0, 0.1) is 11.3 Å². The molecule has 0 heterocycles. The van der Waals surface area contributed by atoms with Gasteiger partial charge in [0.2, 0.25) is 5.91 Å². The van der Waals surface area contributed by atoms with Gasteiger partial charge < -0.3 is 20.9 Å². The number of rotatable bonds is 6. The molecule has 1 aromatic carbocycles. The fourth-order valence-electron chi connectivity index (χ4n) is 1.90. The van der Waals surface area contributed by atoms with Crippen LogP contribution in [0.2, 0.25) is 0 Å². The van der Waals surface area contributed by atoms with Crippen molar-refractivity contribution in [2.24, 2.45) is 0 Å². The van der Waals surface area contributed by atoms with E-state index < -0.39 is 12.1 Å². The molecule has 0 spiro atoms. The number of hydrogen-bond acceptors (Lipinski definition) is 4. The lowest BCUT2D eigenvalue weighted by Gasteiger charge is -2.19. The minimum atomic E-state index is -0.679. The highest BCUT2D eigenvalue weighted by Crippen LogP contribution is 2.22. The molecule has 7 nitrogen and oxygen atoms in total. The van der Waals surface area contributed by atoms with Crippen molar-refractivity contribution in [2.75, 3.05) is 24.3 Å². The summed E-state index contributed by atoms with van der Waals surface area (Å²) in [4.78, 5) is 25.9. The lowest BCUT2D eigenvalue weighted by atomic mass is 10.1. The Morgan fingerprint density at radius 1 is 1.25 bits per heavy atom. The van der Waals surface area contributed by atoms with Crippen molar-refractivity contribution < 1.29 is 9.59 Å². The molecular weight excluding hydrogens is 306 g/mol. The summed E-state index contributed by atoms with van der Waals surface area (Å²) in [7, 11) is 3.74. The molecule has 24 heavy (non-hydrogen) atoms. The summed E-state index contributed by atoms with van der Waals surface area (Å²) < 4.78 is 0. The second-order valence-corrected chi connectivity index (χ2v) is 5.87. The maximum absolute atomic E-state index is 12.1. The third kappa shape index (κ3) is 5.47. The van der Waals surface area contributed by atoms with Crippen molar-refractivity contribution >= 4 is 23.3 Å². The van der Waals surface area contributed by atoms with E-state index in [-0.39, 0.29) is 11.9 Å². The first-order valence-corrected chi connectivity index (χ1v) is 7.87. The van der Waals surface area contributed by atoms with Gasteiger partial charge in [-0.1, -0.05) is 6.92 Å². The van der Waals surface area contributed by atoms with E-state index >= 15 is 0 Å². The Morgan fingerprint density at radius 3 is 2.46 bits per heavy atom. The second-order valence-electron chi connectivity index (χ2n) is 5.87. The minimum Gasteiger partial charge on any atom is -0.378 e. The third-order valence-electron chi connectivity index (χ3n) is 3.63. The summed E-state index contributed by atoms with van der Waals surface area (Å²) in [6.07, 6.45) is 0.813. The predicted octanol–water partition coefficient (Wildman–Crippen LogP) is 2.05. The summed E-state index contributed by atoms with van der Waals surface area (Å²) >= 11 is 0. The fraction of sp³-hybridized carbons (Fsp3) is 0.471. The molecular formula is C17H25N5O2. The number of carbonyl (C=O) groups excluding carboxylic acids is 2. The lowest BCUT2D eigenvalue weighted by molar-refractivity contribution is -0.123. The van der Waals surface area contributed by atoms with Crippen LogP contribution in [0.4, 0.5) is 16.2 Å². The van der Waals surface area contributed by atoms with Crippen LogP contribution in [0.3, 0.4) is 0 Å². The molecule has 2 atom stereocenters. The minimum absolute atomic E-state index is 0.0479. The monoisotopic (exact) mass is 331 g/mol. The van der Waals surface area contributed by atoms with Gasteiger partial charge in [-0.3, -0.25) is 4.79 Å². The molecule has 1 rings (SSSR count). The van der Waals surface area contributed by atoms with Crippen LogP contribution in [-0.2, 0) is 4.79 Å². The third-order valence-corrected chi connectivity index (χ3v) is 3.63. The van der Waals surface area contributed by atoms with Crippen molar-refractivity contribution in [3.8, 4) is 6.07 Å². The van der Waals surface area contributed by atoms with Crippen molar-refractivity contribution in [1.29, 1.82) is 5.26 Å². The molecule has 0 bridgehead atoms. The number of urea groups is 1. The van der Waals surface area contributed by atoms with E-state index in [1.807, 2.05) is 38.9 Å². The van der Waals surface area contributed by atoms with Gasteiger partial charge in [-0.2, -0.15) is 5.26 Å². The van der Waals surface area contributed by atoms with E-state index in [1.54, 1.807) is 25.1 Å². The fourth-order valence-corrected chi connectivity index (χ4v) is 1.90. The van der Waals surface area contributed by atoms with E-state index in [2.05, 4.69) is 16.0 Å². The highest BCUT2D eigenvalue weighted by Gasteiger charge is 2.17. The summed E-state index contributed by atoms with van der Waals surface area (Å²) in [6.45, 7) is 5.48. The molecule has 3 N–H and O–H groups in total. The van der Waals surface area contributed by atoms with E-state index in [0.29, 0.717) is 11.3 Å². The molecule has 1 aromatic rings. The van der Waals surface area contributed by atoms with Crippen molar-refractivity contribution in [1.82, 2.24) is 10.6 Å². The van der Waals surface area contributed by atoms with Gasteiger partial charge in [0.25, 0.3) is 0 Å². The Kier molecular flexibility index (Phi) is 7.05. The highest BCUT2D eigenvalue weighted by atomic mass is 16.2. The lowest BCUT2D eigenvalue weighted by Crippen LogP contribution is -2.48. The first-order valence-electron chi connectivity index (χ1n) is 7.87. The first-order chi connectivity index (χ1) is 11.3. The first kappa shape index (κ1) is 19.3. The van der Waals surface area contributed by atoms with Crippen molar-refractivity contribution in [3.63, 3.8) is 0 Å². The molecule has 0 radical (unpaired) electrons. The van der Waals surface area contributed by atoms with Gasteiger partial charge in [0.05, 0.1) is 11.3 Å². The molecule has 130 valence electrons. The molecule has 0 saturated heterocycles. The Labute approximate surface area is 143 Å². The van der Waals surface area contributed by atoms with Crippen LogP contribution < -0.4 is 20.9 Å². The van der Waals surface area contributed by atoms with Gasteiger partial charge >= 0.3 is 6.03 Å². The topological polar surface area (TPSA) is 97.3 Å².